The Balaban J connectivity index is 1.84. The molecule has 23 heavy (non-hydrogen) atoms. The van der Waals surface area contributed by atoms with E-state index < -0.39 is 10.9 Å². The van der Waals surface area contributed by atoms with Gasteiger partial charge in [0.05, 0.1) is 23.0 Å². The third-order valence-electron chi connectivity index (χ3n) is 3.02. The standard InChI is InChI=1S/C14H10N4O5/c19-14(23-7-10-3-4-22-6-10)11-1-2-12(13(5-11)18(20)21)17-9-15-8-16-17/h1-6,8-9H,7H2. The fourth-order valence-corrected chi connectivity index (χ4v) is 1.93. The molecule has 0 atom stereocenters. The van der Waals surface area contributed by atoms with Gasteiger partial charge in [0.1, 0.15) is 24.9 Å². The predicted octanol–water partition coefficient (Wildman–Crippen LogP) is 2.13. The van der Waals surface area contributed by atoms with Crippen LogP contribution in [-0.2, 0) is 11.3 Å². The van der Waals surface area contributed by atoms with E-state index in [1.807, 2.05) is 0 Å². The van der Waals surface area contributed by atoms with Crippen LogP contribution in [0.25, 0.3) is 5.69 Å². The summed E-state index contributed by atoms with van der Waals surface area (Å²) in [6, 6.07) is 5.65. The van der Waals surface area contributed by atoms with Crippen molar-refractivity contribution in [3.63, 3.8) is 0 Å². The van der Waals surface area contributed by atoms with E-state index in [0.29, 0.717) is 5.56 Å². The van der Waals surface area contributed by atoms with Crippen LogP contribution >= 0.6 is 0 Å². The average molecular weight is 314 g/mol. The molecule has 3 rings (SSSR count). The van der Waals surface area contributed by atoms with Crippen LogP contribution in [0, 0.1) is 10.1 Å². The van der Waals surface area contributed by atoms with Crippen molar-refractivity contribution >= 4 is 11.7 Å². The van der Waals surface area contributed by atoms with E-state index >= 15 is 0 Å². The van der Waals surface area contributed by atoms with Gasteiger partial charge in [0.2, 0.25) is 0 Å². The maximum Gasteiger partial charge on any atom is 0.338 e. The summed E-state index contributed by atoms with van der Waals surface area (Å²) in [7, 11) is 0. The van der Waals surface area contributed by atoms with Gasteiger partial charge in [0, 0.05) is 11.6 Å². The van der Waals surface area contributed by atoms with Crippen molar-refractivity contribution in [2.75, 3.05) is 0 Å². The Kier molecular flexibility index (Phi) is 3.83. The lowest BCUT2D eigenvalue weighted by molar-refractivity contribution is -0.384. The van der Waals surface area contributed by atoms with Crippen LogP contribution < -0.4 is 0 Å². The topological polar surface area (TPSA) is 113 Å². The molecule has 0 saturated carbocycles. The average Bonchev–Trinajstić information content (AvgIpc) is 3.25. The van der Waals surface area contributed by atoms with Gasteiger partial charge in [-0.2, -0.15) is 5.10 Å². The summed E-state index contributed by atoms with van der Waals surface area (Å²) in [6.07, 6.45) is 5.50. The Morgan fingerprint density at radius 2 is 2.26 bits per heavy atom. The van der Waals surface area contributed by atoms with Gasteiger partial charge in [-0.05, 0) is 18.2 Å². The van der Waals surface area contributed by atoms with Gasteiger partial charge >= 0.3 is 5.97 Å². The van der Waals surface area contributed by atoms with E-state index in [0.717, 1.165) is 6.07 Å². The smallest absolute Gasteiger partial charge is 0.338 e. The largest absolute Gasteiger partial charge is 0.472 e. The number of hydrogen-bond donors (Lipinski definition) is 0. The van der Waals surface area contributed by atoms with Crippen molar-refractivity contribution in [1.29, 1.82) is 0 Å². The Bertz CT molecular complexity index is 827. The lowest BCUT2D eigenvalue weighted by Crippen LogP contribution is -2.07. The van der Waals surface area contributed by atoms with E-state index in [1.54, 1.807) is 6.07 Å². The fraction of sp³-hybridized carbons (Fsp3) is 0.0714. The summed E-state index contributed by atoms with van der Waals surface area (Å²) in [5.74, 6) is -0.667. The van der Waals surface area contributed by atoms with E-state index in [4.69, 9.17) is 9.15 Å². The first-order chi connectivity index (χ1) is 11.1. The summed E-state index contributed by atoms with van der Waals surface area (Å²) in [6.45, 7) is 0.0218. The van der Waals surface area contributed by atoms with Gasteiger partial charge in [-0.1, -0.05) is 0 Å². The lowest BCUT2D eigenvalue weighted by Gasteiger charge is -2.06. The minimum absolute atomic E-state index is 0.0218. The van der Waals surface area contributed by atoms with Crippen LogP contribution in [0.3, 0.4) is 0 Å². The number of nitrogens with zero attached hydrogens (tertiary/aromatic N) is 4. The first kappa shape index (κ1) is 14.4. The summed E-state index contributed by atoms with van der Waals surface area (Å²) in [4.78, 5) is 26.4. The Hall–Kier alpha value is -3.49. The maximum absolute atomic E-state index is 12.0. The van der Waals surface area contributed by atoms with Crippen molar-refractivity contribution in [1.82, 2.24) is 14.8 Å². The molecule has 3 aromatic rings. The highest BCUT2D eigenvalue weighted by molar-refractivity contribution is 5.90. The minimum Gasteiger partial charge on any atom is -0.472 e. The van der Waals surface area contributed by atoms with Crippen LogP contribution in [-0.4, -0.2) is 25.7 Å². The zero-order chi connectivity index (χ0) is 16.2. The number of carbonyl (C=O) groups is 1. The second-order valence-corrected chi connectivity index (χ2v) is 4.51. The highest BCUT2D eigenvalue weighted by atomic mass is 16.6. The fourth-order valence-electron chi connectivity index (χ4n) is 1.93. The molecule has 0 fully saturated rings. The molecule has 116 valence electrons. The van der Waals surface area contributed by atoms with Crippen LogP contribution in [0.1, 0.15) is 15.9 Å². The molecule has 0 aliphatic carbocycles. The maximum atomic E-state index is 12.0. The number of rotatable bonds is 5. The number of ether oxygens (including phenoxy) is 1. The van der Waals surface area contributed by atoms with E-state index in [1.165, 1.54) is 42.0 Å². The number of esters is 1. The van der Waals surface area contributed by atoms with Crippen LogP contribution in [0.4, 0.5) is 5.69 Å². The third-order valence-corrected chi connectivity index (χ3v) is 3.02. The molecule has 2 aromatic heterocycles. The lowest BCUT2D eigenvalue weighted by atomic mass is 10.1. The molecule has 0 unspecified atom stereocenters. The summed E-state index contributed by atoms with van der Waals surface area (Å²) in [5, 5.41) is 15.1. The molecule has 0 aliphatic heterocycles. The van der Waals surface area contributed by atoms with Gasteiger partial charge < -0.3 is 9.15 Å². The highest BCUT2D eigenvalue weighted by Gasteiger charge is 2.20. The zero-order valence-corrected chi connectivity index (χ0v) is 11.7. The van der Waals surface area contributed by atoms with Gasteiger partial charge in [-0.25, -0.2) is 14.5 Å². The number of furan rings is 1. The number of nitro benzene ring substituents is 1. The third kappa shape index (κ3) is 3.07. The Morgan fingerprint density at radius 3 is 2.91 bits per heavy atom. The van der Waals surface area contributed by atoms with Crippen LogP contribution in [0.2, 0.25) is 0 Å². The van der Waals surface area contributed by atoms with E-state index in [2.05, 4.69) is 10.1 Å². The Labute approximate surface area is 129 Å². The molecule has 0 N–H and O–H groups in total. The molecule has 0 aliphatic rings. The van der Waals surface area contributed by atoms with Crippen LogP contribution in [0.5, 0.6) is 0 Å². The van der Waals surface area contributed by atoms with Crippen molar-refractivity contribution in [3.05, 3.63) is 70.7 Å². The number of nitro groups is 1. The molecule has 0 saturated heterocycles. The molecule has 0 bridgehead atoms. The number of benzene rings is 1. The molecule has 2 heterocycles. The van der Waals surface area contributed by atoms with Crippen molar-refractivity contribution in [2.45, 2.75) is 6.61 Å². The van der Waals surface area contributed by atoms with E-state index in [9.17, 15) is 14.9 Å². The second-order valence-electron chi connectivity index (χ2n) is 4.51. The normalized spacial score (nSPS) is 10.4. The number of aromatic nitrogens is 3. The van der Waals surface area contributed by atoms with Gasteiger partial charge in [0.25, 0.3) is 5.69 Å². The quantitative estimate of drug-likeness (QED) is 0.402. The Morgan fingerprint density at radius 1 is 1.39 bits per heavy atom. The van der Waals surface area contributed by atoms with Crippen molar-refractivity contribution in [2.24, 2.45) is 0 Å². The summed E-state index contributed by atoms with van der Waals surface area (Å²) >= 11 is 0. The summed E-state index contributed by atoms with van der Waals surface area (Å²) in [5.41, 5.74) is 0.697. The molecule has 0 amide bonds. The van der Waals surface area contributed by atoms with E-state index in [-0.39, 0.29) is 23.5 Å². The first-order valence-electron chi connectivity index (χ1n) is 6.47. The molecule has 9 nitrogen and oxygen atoms in total. The summed E-state index contributed by atoms with van der Waals surface area (Å²) < 4.78 is 11.2. The monoisotopic (exact) mass is 314 g/mol. The number of hydrogen-bond acceptors (Lipinski definition) is 7. The molecule has 0 spiro atoms. The zero-order valence-electron chi connectivity index (χ0n) is 11.7. The van der Waals surface area contributed by atoms with Crippen LogP contribution in [0.15, 0.2) is 53.9 Å². The SMILES string of the molecule is O=C(OCc1ccoc1)c1ccc(-n2cncn2)c([N+](=O)[O-])c1. The molecule has 9 heteroatoms. The molecular formula is C14H10N4O5. The van der Waals surface area contributed by atoms with Gasteiger partial charge in [-0.3, -0.25) is 10.1 Å². The second kappa shape index (κ2) is 6.10. The highest BCUT2D eigenvalue weighted by Crippen LogP contribution is 2.24. The van der Waals surface area contributed by atoms with Crippen molar-refractivity contribution < 1.29 is 18.9 Å². The van der Waals surface area contributed by atoms with Gasteiger partial charge in [-0.15, -0.1) is 0 Å². The molecule has 1 aromatic carbocycles. The first-order valence-corrected chi connectivity index (χ1v) is 6.47. The molecular weight excluding hydrogens is 304 g/mol. The van der Waals surface area contributed by atoms with Gasteiger partial charge in [0.15, 0.2) is 0 Å². The van der Waals surface area contributed by atoms with Crippen molar-refractivity contribution in [3.8, 4) is 5.69 Å². The minimum atomic E-state index is -0.667. The predicted molar refractivity (Wildman–Crippen MR) is 75.8 cm³/mol. The molecule has 0 radical (unpaired) electrons. The number of carbonyl (C=O) groups excluding carboxylic acids is 1.